The summed E-state index contributed by atoms with van der Waals surface area (Å²) in [6, 6.07) is 6.56. The van der Waals surface area contributed by atoms with Crippen molar-refractivity contribution in [3.63, 3.8) is 0 Å². The van der Waals surface area contributed by atoms with Gasteiger partial charge >= 0.3 is 0 Å². The number of amides is 1. The van der Waals surface area contributed by atoms with E-state index in [9.17, 15) is 14.7 Å². The van der Waals surface area contributed by atoms with Crippen LogP contribution in [-0.4, -0.2) is 60.6 Å². The lowest BCUT2D eigenvalue weighted by Gasteiger charge is -2.41. The highest BCUT2D eigenvalue weighted by molar-refractivity contribution is 5.95. The van der Waals surface area contributed by atoms with Gasteiger partial charge in [0.25, 0.3) is 11.5 Å². The molecule has 2 heterocycles. The number of morpholine rings is 1. The van der Waals surface area contributed by atoms with E-state index < -0.39 is 12.1 Å². The van der Waals surface area contributed by atoms with E-state index in [0.29, 0.717) is 23.6 Å². The number of pyridine rings is 1. The number of methoxy groups -OCH3 is 2. The number of aliphatic hydroxyl groups excluding tert-OH is 1. The largest absolute Gasteiger partial charge is 0.493 e. The van der Waals surface area contributed by atoms with Crippen molar-refractivity contribution >= 4 is 5.91 Å². The summed E-state index contributed by atoms with van der Waals surface area (Å²) in [6.45, 7) is 3.88. The van der Waals surface area contributed by atoms with Crippen LogP contribution >= 0.6 is 0 Å². The molecule has 3 rings (SSSR count). The first-order chi connectivity index (χ1) is 14.3. The molecule has 0 aliphatic carbocycles. The molecule has 1 aromatic carbocycles. The van der Waals surface area contributed by atoms with Crippen molar-refractivity contribution in [2.45, 2.75) is 26.0 Å². The van der Waals surface area contributed by atoms with Crippen LogP contribution in [0.4, 0.5) is 0 Å². The highest BCUT2D eigenvalue weighted by Gasteiger charge is 2.38. The van der Waals surface area contributed by atoms with Gasteiger partial charge in [0.2, 0.25) is 0 Å². The van der Waals surface area contributed by atoms with E-state index in [-0.39, 0.29) is 30.2 Å². The minimum absolute atomic E-state index is 0.132. The van der Waals surface area contributed by atoms with Crippen molar-refractivity contribution in [1.29, 1.82) is 0 Å². The Hall–Kier alpha value is -2.84. The SMILES string of the molecule is COc1ccc([C@@H]2[C@@H](CO)OCCN2C(=O)c2c(C)cc(C)n(C)c2=O)cc1OC. The molecule has 1 aliphatic rings. The van der Waals surface area contributed by atoms with Crippen molar-refractivity contribution in [3.05, 3.63) is 57.0 Å². The molecule has 8 nitrogen and oxygen atoms in total. The zero-order valence-corrected chi connectivity index (χ0v) is 18.0. The first-order valence-electron chi connectivity index (χ1n) is 9.76. The van der Waals surface area contributed by atoms with Crippen LogP contribution < -0.4 is 15.0 Å². The maximum Gasteiger partial charge on any atom is 0.263 e. The molecule has 1 aromatic heterocycles. The zero-order chi connectivity index (χ0) is 22.0. The van der Waals surface area contributed by atoms with Crippen LogP contribution in [0.2, 0.25) is 0 Å². The normalized spacial score (nSPS) is 18.9. The molecule has 30 heavy (non-hydrogen) atoms. The average Bonchev–Trinajstić information content (AvgIpc) is 2.76. The number of nitrogens with zero attached hydrogens (tertiary/aromatic N) is 2. The van der Waals surface area contributed by atoms with Gasteiger partial charge in [-0.05, 0) is 43.2 Å². The summed E-state index contributed by atoms with van der Waals surface area (Å²) in [7, 11) is 4.73. The molecule has 1 fully saturated rings. The zero-order valence-electron chi connectivity index (χ0n) is 18.0. The van der Waals surface area contributed by atoms with E-state index in [0.717, 1.165) is 11.3 Å². The van der Waals surface area contributed by atoms with Crippen molar-refractivity contribution in [3.8, 4) is 11.5 Å². The Balaban J connectivity index is 2.10. The number of ether oxygens (including phenoxy) is 3. The Morgan fingerprint density at radius 3 is 2.53 bits per heavy atom. The predicted octanol–water partition coefficient (Wildman–Crippen LogP) is 1.59. The van der Waals surface area contributed by atoms with Crippen molar-refractivity contribution in [2.24, 2.45) is 7.05 Å². The van der Waals surface area contributed by atoms with Gasteiger partial charge in [-0.25, -0.2) is 0 Å². The first-order valence-corrected chi connectivity index (χ1v) is 9.76. The summed E-state index contributed by atoms with van der Waals surface area (Å²) in [5.41, 5.74) is 1.92. The molecule has 1 aliphatic heterocycles. The fourth-order valence-corrected chi connectivity index (χ4v) is 3.93. The van der Waals surface area contributed by atoms with Crippen LogP contribution in [0.3, 0.4) is 0 Å². The Morgan fingerprint density at radius 2 is 1.90 bits per heavy atom. The Morgan fingerprint density at radius 1 is 1.20 bits per heavy atom. The number of aliphatic hydroxyl groups is 1. The minimum Gasteiger partial charge on any atom is -0.493 e. The van der Waals surface area contributed by atoms with Gasteiger partial charge in [0, 0.05) is 19.3 Å². The molecule has 1 amide bonds. The first kappa shape index (κ1) is 21.9. The van der Waals surface area contributed by atoms with Crippen LogP contribution in [0.5, 0.6) is 11.5 Å². The number of carbonyl (C=O) groups excluding carboxylic acids is 1. The lowest BCUT2D eigenvalue weighted by Crippen LogP contribution is -2.50. The number of hydrogen-bond acceptors (Lipinski definition) is 6. The molecule has 162 valence electrons. The molecular weight excluding hydrogens is 388 g/mol. The number of carbonyl (C=O) groups is 1. The van der Waals surface area contributed by atoms with E-state index >= 15 is 0 Å². The number of hydrogen-bond donors (Lipinski definition) is 1. The maximum atomic E-state index is 13.5. The number of rotatable bonds is 5. The third-order valence-corrected chi connectivity index (χ3v) is 5.62. The fourth-order valence-electron chi connectivity index (χ4n) is 3.93. The molecule has 1 saturated heterocycles. The van der Waals surface area contributed by atoms with Gasteiger partial charge in [-0.15, -0.1) is 0 Å². The van der Waals surface area contributed by atoms with Crippen molar-refractivity contribution < 1.29 is 24.1 Å². The van der Waals surface area contributed by atoms with Crippen LogP contribution in [0.1, 0.15) is 33.2 Å². The molecule has 0 radical (unpaired) electrons. The Bertz CT molecular complexity index is 1000. The number of benzene rings is 1. The van der Waals surface area contributed by atoms with E-state index in [2.05, 4.69) is 0 Å². The highest BCUT2D eigenvalue weighted by atomic mass is 16.5. The lowest BCUT2D eigenvalue weighted by atomic mass is 9.96. The standard InChI is InChI=1S/C22H28N2O6/c1-13-10-14(2)23(3)21(26)19(13)22(27)24-8-9-30-18(12-25)20(24)15-6-7-16(28-4)17(11-15)29-5/h6-7,10-11,18,20,25H,8-9,12H2,1-5H3/t18-,20-/m1/s1. The topological polar surface area (TPSA) is 90.2 Å². The van der Waals surface area contributed by atoms with Gasteiger partial charge in [-0.2, -0.15) is 0 Å². The van der Waals surface area contributed by atoms with Crippen LogP contribution in [0.25, 0.3) is 0 Å². The maximum absolute atomic E-state index is 13.5. The van der Waals surface area contributed by atoms with Gasteiger partial charge in [0.15, 0.2) is 11.5 Å². The molecule has 0 bridgehead atoms. The molecule has 8 heteroatoms. The van der Waals surface area contributed by atoms with Crippen LogP contribution in [0.15, 0.2) is 29.1 Å². The monoisotopic (exact) mass is 416 g/mol. The van der Waals surface area contributed by atoms with E-state index in [1.54, 1.807) is 38.1 Å². The molecule has 2 atom stereocenters. The van der Waals surface area contributed by atoms with Crippen LogP contribution in [0, 0.1) is 13.8 Å². The second-order valence-electron chi connectivity index (χ2n) is 7.36. The highest BCUT2D eigenvalue weighted by Crippen LogP contribution is 2.36. The molecule has 2 aromatic rings. The smallest absolute Gasteiger partial charge is 0.263 e. The Labute approximate surface area is 175 Å². The number of aryl methyl sites for hydroxylation is 2. The Kier molecular flexibility index (Phi) is 6.48. The van der Waals surface area contributed by atoms with Crippen molar-refractivity contribution in [2.75, 3.05) is 34.0 Å². The van der Waals surface area contributed by atoms with E-state index in [1.165, 1.54) is 11.7 Å². The minimum atomic E-state index is -0.629. The van der Waals surface area contributed by atoms with Gasteiger partial charge < -0.3 is 28.8 Å². The molecule has 1 N–H and O–H groups in total. The second-order valence-corrected chi connectivity index (χ2v) is 7.36. The molecular formula is C22H28N2O6. The predicted molar refractivity (Wildman–Crippen MR) is 111 cm³/mol. The van der Waals surface area contributed by atoms with Gasteiger partial charge in [-0.1, -0.05) is 6.07 Å². The summed E-state index contributed by atoms with van der Waals surface area (Å²) < 4.78 is 17.9. The van der Waals surface area contributed by atoms with Gasteiger partial charge in [-0.3, -0.25) is 9.59 Å². The molecule has 0 saturated carbocycles. The second kappa shape index (κ2) is 8.89. The quantitative estimate of drug-likeness (QED) is 0.796. The van der Waals surface area contributed by atoms with Gasteiger partial charge in [0.05, 0.1) is 33.5 Å². The summed E-state index contributed by atoms with van der Waals surface area (Å²) in [4.78, 5) is 28.0. The molecule has 0 spiro atoms. The third kappa shape index (κ3) is 3.80. The number of aromatic nitrogens is 1. The van der Waals surface area contributed by atoms with Crippen molar-refractivity contribution in [1.82, 2.24) is 9.47 Å². The third-order valence-electron chi connectivity index (χ3n) is 5.62. The van der Waals surface area contributed by atoms with E-state index in [4.69, 9.17) is 14.2 Å². The summed E-state index contributed by atoms with van der Waals surface area (Å²) in [5, 5.41) is 9.93. The van der Waals surface area contributed by atoms with E-state index in [1.807, 2.05) is 19.1 Å². The average molecular weight is 416 g/mol. The summed E-state index contributed by atoms with van der Waals surface area (Å²) in [6.07, 6.45) is -0.629. The van der Waals surface area contributed by atoms with Crippen LogP contribution in [-0.2, 0) is 11.8 Å². The van der Waals surface area contributed by atoms with Gasteiger partial charge in [0.1, 0.15) is 11.7 Å². The lowest BCUT2D eigenvalue weighted by molar-refractivity contribution is -0.0812. The summed E-state index contributed by atoms with van der Waals surface area (Å²) in [5.74, 6) is 0.682. The summed E-state index contributed by atoms with van der Waals surface area (Å²) >= 11 is 0. The molecule has 0 unspecified atom stereocenters. The fraction of sp³-hybridized carbons (Fsp3) is 0.455.